The average molecular weight is 214 g/mol. The van der Waals surface area contributed by atoms with Crippen LogP contribution in [0.4, 0.5) is 0 Å². The summed E-state index contributed by atoms with van der Waals surface area (Å²) in [5.41, 5.74) is 9.76. The second-order valence-corrected chi connectivity index (χ2v) is 4.09. The van der Waals surface area contributed by atoms with Crippen molar-refractivity contribution in [2.24, 2.45) is 5.73 Å². The first-order valence-electron chi connectivity index (χ1n) is 5.18. The van der Waals surface area contributed by atoms with Crippen LogP contribution in [0.5, 0.6) is 0 Å². The lowest BCUT2D eigenvalue weighted by Gasteiger charge is -2.08. The third-order valence-corrected chi connectivity index (χ3v) is 2.96. The first-order chi connectivity index (χ1) is 7.50. The molecule has 1 amide bonds. The van der Waals surface area contributed by atoms with Crippen LogP contribution in [0, 0.1) is 20.8 Å². The molecule has 0 atom stereocenters. The summed E-state index contributed by atoms with van der Waals surface area (Å²) in [4.78, 5) is 15.5. The van der Waals surface area contributed by atoms with E-state index in [1.54, 1.807) is 6.07 Å². The van der Waals surface area contributed by atoms with Crippen LogP contribution < -0.4 is 5.73 Å². The highest BCUT2D eigenvalue weighted by Gasteiger charge is 2.09. The monoisotopic (exact) mass is 214 g/mol. The summed E-state index contributed by atoms with van der Waals surface area (Å²) in [6.07, 6.45) is 0. The number of rotatable bonds is 1. The molecule has 2 N–H and O–H groups in total. The van der Waals surface area contributed by atoms with Crippen LogP contribution in [0.25, 0.3) is 10.9 Å². The van der Waals surface area contributed by atoms with E-state index >= 15 is 0 Å². The zero-order valence-electron chi connectivity index (χ0n) is 9.66. The third kappa shape index (κ3) is 1.54. The Morgan fingerprint density at radius 1 is 1.19 bits per heavy atom. The normalized spacial score (nSPS) is 10.7. The number of nitrogens with two attached hydrogens (primary N) is 1. The van der Waals surface area contributed by atoms with Gasteiger partial charge in [0.2, 0.25) is 0 Å². The Balaban J connectivity index is 2.88. The van der Waals surface area contributed by atoms with E-state index in [4.69, 9.17) is 5.73 Å². The molecular weight excluding hydrogens is 200 g/mol. The van der Waals surface area contributed by atoms with Crippen molar-refractivity contribution in [2.75, 3.05) is 0 Å². The Morgan fingerprint density at radius 3 is 2.50 bits per heavy atom. The Kier molecular flexibility index (Phi) is 2.38. The molecule has 2 rings (SSSR count). The van der Waals surface area contributed by atoms with Crippen molar-refractivity contribution in [1.82, 2.24) is 4.98 Å². The molecule has 0 aliphatic heterocycles. The van der Waals surface area contributed by atoms with Gasteiger partial charge in [-0.3, -0.25) is 4.79 Å². The van der Waals surface area contributed by atoms with Gasteiger partial charge in [-0.1, -0.05) is 12.1 Å². The molecule has 16 heavy (non-hydrogen) atoms. The minimum Gasteiger partial charge on any atom is -0.364 e. The number of benzene rings is 1. The molecule has 1 aromatic heterocycles. The van der Waals surface area contributed by atoms with Gasteiger partial charge in [0.15, 0.2) is 0 Å². The summed E-state index contributed by atoms with van der Waals surface area (Å²) in [7, 11) is 0. The zero-order valence-corrected chi connectivity index (χ0v) is 9.66. The highest BCUT2D eigenvalue weighted by molar-refractivity contribution is 5.95. The van der Waals surface area contributed by atoms with E-state index in [0.29, 0.717) is 5.69 Å². The van der Waals surface area contributed by atoms with Crippen molar-refractivity contribution in [1.29, 1.82) is 0 Å². The second kappa shape index (κ2) is 3.59. The number of hydrogen-bond acceptors (Lipinski definition) is 2. The zero-order chi connectivity index (χ0) is 11.9. The molecule has 0 fully saturated rings. The van der Waals surface area contributed by atoms with Crippen LogP contribution in [-0.4, -0.2) is 10.9 Å². The lowest BCUT2D eigenvalue weighted by atomic mass is 10.0. The van der Waals surface area contributed by atoms with E-state index in [-0.39, 0.29) is 0 Å². The van der Waals surface area contributed by atoms with Gasteiger partial charge in [0.25, 0.3) is 5.91 Å². The maximum absolute atomic E-state index is 11.2. The van der Waals surface area contributed by atoms with Crippen LogP contribution >= 0.6 is 0 Å². The lowest BCUT2D eigenvalue weighted by molar-refractivity contribution is 0.0996. The van der Waals surface area contributed by atoms with Crippen LogP contribution in [0.15, 0.2) is 18.2 Å². The van der Waals surface area contributed by atoms with Gasteiger partial charge < -0.3 is 5.73 Å². The van der Waals surface area contributed by atoms with E-state index < -0.39 is 5.91 Å². The van der Waals surface area contributed by atoms with Crippen LogP contribution in [-0.2, 0) is 0 Å². The smallest absolute Gasteiger partial charge is 0.267 e. The molecule has 3 heteroatoms. The number of aryl methyl sites for hydroxylation is 3. The fourth-order valence-electron chi connectivity index (χ4n) is 1.83. The number of pyridine rings is 1. The van der Waals surface area contributed by atoms with Crippen molar-refractivity contribution >= 4 is 16.8 Å². The predicted molar refractivity (Wildman–Crippen MR) is 64.5 cm³/mol. The molecule has 0 bridgehead atoms. The van der Waals surface area contributed by atoms with Crippen molar-refractivity contribution < 1.29 is 4.79 Å². The number of amides is 1. The summed E-state index contributed by atoms with van der Waals surface area (Å²) in [5.74, 6) is -0.481. The Morgan fingerprint density at radius 2 is 1.88 bits per heavy atom. The molecule has 1 heterocycles. The van der Waals surface area contributed by atoms with Crippen LogP contribution in [0.1, 0.15) is 27.2 Å². The number of primary amides is 1. The van der Waals surface area contributed by atoms with E-state index in [1.165, 1.54) is 5.56 Å². The summed E-state index contributed by atoms with van der Waals surface area (Å²) >= 11 is 0. The second-order valence-electron chi connectivity index (χ2n) is 4.09. The molecule has 0 radical (unpaired) electrons. The van der Waals surface area contributed by atoms with Gasteiger partial charge in [-0.15, -0.1) is 0 Å². The number of carbonyl (C=O) groups is 1. The Bertz CT molecular complexity index is 588. The largest absolute Gasteiger partial charge is 0.364 e. The summed E-state index contributed by atoms with van der Waals surface area (Å²) in [6.45, 7) is 6.00. The highest BCUT2D eigenvalue weighted by atomic mass is 16.1. The van der Waals surface area contributed by atoms with E-state index in [1.807, 2.05) is 26.8 Å². The van der Waals surface area contributed by atoms with Gasteiger partial charge in [0, 0.05) is 5.39 Å². The maximum Gasteiger partial charge on any atom is 0.267 e. The van der Waals surface area contributed by atoms with Crippen molar-refractivity contribution in [2.45, 2.75) is 20.8 Å². The minimum absolute atomic E-state index is 0.332. The lowest BCUT2D eigenvalue weighted by Crippen LogP contribution is -2.13. The SMILES string of the molecule is Cc1ccc2c(C)cc(C(N)=O)nc2c1C. The molecule has 0 saturated heterocycles. The standard InChI is InChI=1S/C13H14N2O/c1-7-4-5-10-8(2)6-11(13(14)16)15-12(10)9(7)3/h4-6H,1-3H3,(H2,14,16). The first kappa shape index (κ1) is 10.6. The van der Waals surface area contributed by atoms with Crippen molar-refractivity contribution in [3.05, 3.63) is 40.6 Å². The van der Waals surface area contributed by atoms with Crippen LogP contribution in [0.3, 0.4) is 0 Å². The Labute approximate surface area is 94.3 Å². The molecule has 0 unspecified atom stereocenters. The molecule has 3 nitrogen and oxygen atoms in total. The predicted octanol–water partition coefficient (Wildman–Crippen LogP) is 2.26. The molecule has 1 aromatic carbocycles. The summed E-state index contributed by atoms with van der Waals surface area (Å²) < 4.78 is 0. The van der Waals surface area contributed by atoms with Gasteiger partial charge in [-0.05, 0) is 43.5 Å². The molecule has 0 aliphatic carbocycles. The van der Waals surface area contributed by atoms with Gasteiger partial charge in [0.1, 0.15) is 5.69 Å². The molecule has 0 aliphatic rings. The number of hydrogen-bond donors (Lipinski definition) is 1. The van der Waals surface area contributed by atoms with E-state index in [0.717, 1.165) is 22.0 Å². The van der Waals surface area contributed by atoms with Gasteiger partial charge >= 0.3 is 0 Å². The molecule has 82 valence electrons. The third-order valence-electron chi connectivity index (χ3n) is 2.96. The van der Waals surface area contributed by atoms with E-state index in [2.05, 4.69) is 11.1 Å². The number of carbonyl (C=O) groups excluding carboxylic acids is 1. The number of nitrogens with zero attached hydrogens (tertiary/aromatic N) is 1. The highest BCUT2D eigenvalue weighted by Crippen LogP contribution is 2.23. The molecule has 0 saturated carbocycles. The fourth-order valence-corrected chi connectivity index (χ4v) is 1.83. The van der Waals surface area contributed by atoms with Gasteiger partial charge in [0.05, 0.1) is 5.52 Å². The Hall–Kier alpha value is -1.90. The average Bonchev–Trinajstić information content (AvgIpc) is 2.23. The van der Waals surface area contributed by atoms with E-state index in [9.17, 15) is 4.79 Å². The van der Waals surface area contributed by atoms with Gasteiger partial charge in [-0.2, -0.15) is 0 Å². The first-order valence-corrected chi connectivity index (χ1v) is 5.18. The number of aromatic nitrogens is 1. The molecule has 2 aromatic rings. The fraction of sp³-hybridized carbons (Fsp3) is 0.231. The molecule has 0 spiro atoms. The van der Waals surface area contributed by atoms with Gasteiger partial charge in [-0.25, -0.2) is 4.98 Å². The topological polar surface area (TPSA) is 56.0 Å². The quantitative estimate of drug-likeness (QED) is 0.791. The van der Waals surface area contributed by atoms with Crippen LogP contribution in [0.2, 0.25) is 0 Å². The van der Waals surface area contributed by atoms with Crippen molar-refractivity contribution in [3.8, 4) is 0 Å². The summed E-state index contributed by atoms with van der Waals surface area (Å²) in [6, 6.07) is 5.83. The minimum atomic E-state index is -0.481. The molecular formula is C13H14N2O. The number of fused-ring (bicyclic) bond motifs is 1. The van der Waals surface area contributed by atoms with Crippen molar-refractivity contribution in [3.63, 3.8) is 0 Å². The summed E-state index contributed by atoms with van der Waals surface area (Å²) in [5, 5.41) is 1.08. The maximum atomic E-state index is 11.2.